The maximum absolute atomic E-state index is 13.5. The second-order valence-electron chi connectivity index (χ2n) is 9.55. The third kappa shape index (κ3) is 5.43. The number of carbonyl (C=O) groups is 1. The Balaban J connectivity index is 1.74. The summed E-state index contributed by atoms with van der Waals surface area (Å²) in [6.45, 7) is 8.20. The molecule has 0 spiro atoms. The summed E-state index contributed by atoms with van der Waals surface area (Å²) in [6, 6.07) is 19.6. The van der Waals surface area contributed by atoms with E-state index >= 15 is 0 Å². The number of anilines is 1. The maximum Gasteiger partial charge on any atom is 0.265 e. The first kappa shape index (κ1) is 25.8. The Labute approximate surface area is 220 Å². The smallest absolute Gasteiger partial charge is 0.265 e. The number of hydrogen-bond donors (Lipinski definition) is 1. The first-order valence-electron chi connectivity index (χ1n) is 11.7. The van der Waals surface area contributed by atoms with E-state index in [1.807, 2.05) is 24.3 Å². The summed E-state index contributed by atoms with van der Waals surface area (Å²) in [5.74, 6) is -0.147. The molecule has 1 N–H and O–H groups in total. The molecular weight excluding hydrogens is 497 g/mol. The van der Waals surface area contributed by atoms with Crippen molar-refractivity contribution in [3.63, 3.8) is 0 Å². The number of benzene rings is 3. The van der Waals surface area contributed by atoms with E-state index in [-0.39, 0.29) is 22.4 Å². The fourth-order valence-electron chi connectivity index (χ4n) is 3.80. The molecule has 0 aliphatic rings. The zero-order chi connectivity index (χ0) is 26.0. The standard InChI is InChI=1S/C29H27Cl2NO4/c1-5-23(28(34)32-19-14-15-21(30)22(31)16-19)35-27-25(33)20-8-6-7-9-24(20)36-26(27)17-10-12-18(13-11-17)29(2,3)4/h6-16,23H,5H2,1-4H3,(H,32,34). The second kappa shape index (κ2) is 10.4. The molecule has 0 saturated carbocycles. The van der Waals surface area contributed by atoms with E-state index in [1.54, 1.807) is 49.4 Å². The van der Waals surface area contributed by atoms with Crippen LogP contribution in [0.4, 0.5) is 5.69 Å². The molecular formula is C29H27Cl2NO4. The third-order valence-electron chi connectivity index (χ3n) is 5.88. The summed E-state index contributed by atoms with van der Waals surface area (Å²) < 4.78 is 12.3. The molecule has 7 heteroatoms. The number of para-hydroxylation sites is 1. The molecule has 0 radical (unpaired) electrons. The van der Waals surface area contributed by atoms with Crippen LogP contribution in [0.1, 0.15) is 39.7 Å². The molecule has 1 amide bonds. The van der Waals surface area contributed by atoms with Crippen LogP contribution in [0, 0.1) is 0 Å². The average Bonchev–Trinajstić information content (AvgIpc) is 2.85. The summed E-state index contributed by atoms with van der Waals surface area (Å²) in [4.78, 5) is 26.6. The Morgan fingerprint density at radius 3 is 2.33 bits per heavy atom. The predicted molar refractivity (Wildman–Crippen MR) is 146 cm³/mol. The van der Waals surface area contributed by atoms with Gasteiger partial charge < -0.3 is 14.5 Å². The van der Waals surface area contributed by atoms with E-state index in [4.69, 9.17) is 32.4 Å². The lowest BCUT2D eigenvalue weighted by atomic mass is 9.86. The lowest BCUT2D eigenvalue weighted by molar-refractivity contribution is -0.122. The minimum atomic E-state index is -0.948. The lowest BCUT2D eigenvalue weighted by Gasteiger charge is -2.20. The monoisotopic (exact) mass is 523 g/mol. The van der Waals surface area contributed by atoms with Gasteiger partial charge in [0.25, 0.3) is 5.91 Å². The Bertz CT molecular complexity index is 1470. The number of fused-ring (bicyclic) bond motifs is 1. The molecule has 1 unspecified atom stereocenters. The van der Waals surface area contributed by atoms with Gasteiger partial charge in [-0.25, -0.2) is 0 Å². The van der Waals surface area contributed by atoms with Gasteiger partial charge in [-0.05, 0) is 47.7 Å². The molecule has 0 aliphatic carbocycles. The van der Waals surface area contributed by atoms with Crippen LogP contribution in [-0.2, 0) is 10.2 Å². The van der Waals surface area contributed by atoms with Crippen LogP contribution >= 0.6 is 23.2 Å². The van der Waals surface area contributed by atoms with Gasteiger partial charge in [-0.1, -0.05) is 87.3 Å². The van der Waals surface area contributed by atoms with E-state index < -0.39 is 12.0 Å². The zero-order valence-electron chi connectivity index (χ0n) is 20.5. The van der Waals surface area contributed by atoms with Crippen molar-refractivity contribution < 1.29 is 13.9 Å². The largest absolute Gasteiger partial charge is 0.473 e. The first-order valence-corrected chi connectivity index (χ1v) is 12.4. The molecule has 1 heterocycles. The number of ether oxygens (including phenoxy) is 1. The molecule has 186 valence electrons. The van der Waals surface area contributed by atoms with Gasteiger partial charge >= 0.3 is 0 Å². The van der Waals surface area contributed by atoms with Gasteiger partial charge in [0, 0.05) is 11.3 Å². The molecule has 3 aromatic carbocycles. The van der Waals surface area contributed by atoms with Crippen molar-refractivity contribution in [3.8, 4) is 17.1 Å². The average molecular weight is 524 g/mol. The van der Waals surface area contributed by atoms with Crippen molar-refractivity contribution in [1.29, 1.82) is 0 Å². The van der Waals surface area contributed by atoms with Crippen molar-refractivity contribution in [2.75, 3.05) is 5.32 Å². The highest BCUT2D eigenvalue weighted by molar-refractivity contribution is 6.42. The molecule has 0 saturated heterocycles. The lowest BCUT2D eigenvalue weighted by Crippen LogP contribution is -2.34. The molecule has 36 heavy (non-hydrogen) atoms. The van der Waals surface area contributed by atoms with Gasteiger partial charge in [0.05, 0.1) is 15.4 Å². The molecule has 4 aromatic rings. The summed E-state index contributed by atoms with van der Waals surface area (Å²) in [5.41, 5.74) is 2.37. The fourth-order valence-corrected chi connectivity index (χ4v) is 4.10. The van der Waals surface area contributed by atoms with Crippen molar-refractivity contribution >= 4 is 45.8 Å². The van der Waals surface area contributed by atoms with Gasteiger partial charge in [0.1, 0.15) is 5.58 Å². The predicted octanol–water partition coefficient (Wildman–Crippen LogP) is 7.86. The SMILES string of the molecule is CCC(Oc1c(-c2ccc(C(C)(C)C)cc2)oc2ccccc2c1=O)C(=O)Nc1ccc(Cl)c(Cl)c1. The Kier molecular flexibility index (Phi) is 7.43. The van der Waals surface area contributed by atoms with Gasteiger partial charge in [0.15, 0.2) is 11.9 Å². The van der Waals surface area contributed by atoms with Gasteiger partial charge in [-0.3, -0.25) is 9.59 Å². The van der Waals surface area contributed by atoms with Gasteiger partial charge in [0.2, 0.25) is 11.2 Å². The van der Waals surface area contributed by atoms with Crippen LogP contribution < -0.4 is 15.5 Å². The topological polar surface area (TPSA) is 68.5 Å². The van der Waals surface area contributed by atoms with E-state index in [0.717, 1.165) is 5.56 Å². The van der Waals surface area contributed by atoms with Crippen LogP contribution in [0.2, 0.25) is 10.0 Å². The summed E-state index contributed by atoms with van der Waals surface area (Å²) >= 11 is 12.1. The third-order valence-corrected chi connectivity index (χ3v) is 6.62. The normalized spacial score (nSPS) is 12.4. The highest BCUT2D eigenvalue weighted by Gasteiger charge is 2.25. The van der Waals surface area contributed by atoms with E-state index in [0.29, 0.717) is 38.7 Å². The molecule has 0 aliphatic heterocycles. The maximum atomic E-state index is 13.5. The van der Waals surface area contributed by atoms with Crippen molar-refractivity contribution in [2.45, 2.75) is 45.6 Å². The molecule has 4 rings (SSSR count). The first-order chi connectivity index (χ1) is 17.1. The number of halogens is 2. The molecule has 0 fully saturated rings. The van der Waals surface area contributed by atoms with Crippen molar-refractivity contribution in [1.82, 2.24) is 0 Å². The summed E-state index contributed by atoms with van der Waals surface area (Å²) in [6.07, 6.45) is -0.627. The zero-order valence-corrected chi connectivity index (χ0v) is 22.0. The van der Waals surface area contributed by atoms with E-state index in [2.05, 4.69) is 26.1 Å². The van der Waals surface area contributed by atoms with E-state index in [9.17, 15) is 9.59 Å². The Morgan fingerprint density at radius 1 is 1.00 bits per heavy atom. The minimum Gasteiger partial charge on any atom is -0.473 e. The highest BCUT2D eigenvalue weighted by Crippen LogP contribution is 2.34. The number of hydrogen-bond acceptors (Lipinski definition) is 4. The van der Waals surface area contributed by atoms with Crippen LogP contribution in [0.3, 0.4) is 0 Å². The molecule has 1 atom stereocenters. The van der Waals surface area contributed by atoms with Crippen LogP contribution in [-0.4, -0.2) is 12.0 Å². The highest BCUT2D eigenvalue weighted by atomic mass is 35.5. The number of rotatable bonds is 6. The van der Waals surface area contributed by atoms with Crippen LogP contribution in [0.5, 0.6) is 5.75 Å². The number of amides is 1. The second-order valence-corrected chi connectivity index (χ2v) is 10.4. The minimum absolute atomic E-state index is 0.00616. The fraction of sp³-hybridized carbons (Fsp3) is 0.241. The Morgan fingerprint density at radius 2 is 1.69 bits per heavy atom. The summed E-state index contributed by atoms with van der Waals surface area (Å²) in [5, 5.41) is 3.86. The van der Waals surface area contributed by atoms with Crippen LogP contribution in [0.15, 0.2) is 75.9 Å². The van der Waals surface area contributed by atoms with Gasteiger partial charge in [-0.2, -0.15) is 0 Å². The molecule has 1 aromatic heterocycles. The quantitative estimate of drug-likeness (QED) is 0.279. The number of carbonyl (C=O) groups excluding carboxylic acids is 1. The Hall–Kier alpha value is -3.28. The number of nitrogens with one attached hydrogen (secondary N) is 1. The van der Waals surface area contributed by atoms with Crippen molar-refractivity contribution in [2.24, 2.45) is 0 Å². The van der Waals surface area contributed by atoms with Crippen molar-refractivity contribution in [3.05, 3.63) is 92.6 Å². The molecule has 5 nitrogen and oxygen atoms in total. The van der Waals surface area contributed by atoms with Crippen LogP contribution in [0.25, 0.3) is 22.3 Å². The summed E-state index contributed by atoms with van der Waals surface area (Å²) in [7, 11) is 0. The van der Waals surface area contributed by atoms with Gasteiger partial charge in [-0.15, -0.1) is 0 Å². The molecule has 0 bridgehead atoms. The van der Waals surface area contributed by atoms with E-state index in [1.165, 1.54) is 0 Å².